The lowest BCUT2D eigenvalue weighted by Crippen LogP contribution is -2.05. The third-order valence-corrected chi connectivity index (χ3v) is 7.28. The Morgan fingerprint density at radius 2 is 1.62 bits per heavy atom. The van der Waals surface area contributed by atoms with E-state index in [1.54, 1.807) is 6.07 Å². The smallest absolute Gasteiger partial charge is 0.127 e. The molecule has 182 valence electrons. The van der Waals surface area contributed by atoms with E-state index in [0.29, 0.717) is 11.0 Å². The van der Waals surface area contributed by atoms with Gasteiger partial charge in [0.2, 0.25) is 0 Å². The number of allylic oxidation sites excluding steroid dienone is 3. The van der Waals surface area contributed by atoms with Gasteiger partial charge in [-0.1, -0.05) is 114 Å². The molecule has 0 amide bonds. The second-order valence-electron chi connectivity index (χ2n) is 9.61. The van der Waals surface area contributed by atoms with Crippen molar-refractivity contribution < 1.29 is 4.39 Å². The first-order valence-electron chi connectivity index (χ1n) is 12.7. The standard InChI is InChI=1S/C29H45Cl2F/c1-7-9-10-11-12-13-14-21(3)15-18-25-19-26(23(5)16-17-24(6)30)27(20-28(25)32)29(31)22(4)8-2/h17,19-21,23H,7-16,18H2,1-6H3/b24-17-,29-22+. The second kappa shape index (κ2) is 15.9. The topological polar surface area (TPSA) is 0 Å². The Bertz CT molecular complexity index is 744. The van der Waals surface area contributed by atoms with Gasteiger partial charge in [-0.15, -0.1) is 0 Å². The Morgan fingerprint density at radius 3 is 2.25 bits per heavy atom. The SMILES string of the molecule is CCCCCCCCC(C)CCc1cc(C(C)C/C=C(/C)Cl)c(/C(Cl)=C(/C)CC)cc1F. The fourth-order valence-corrected chi connectivity index (χ4v) is 4.48. The van der Waals surface area contributed by atoms with E-state index in [9.17, 15) is 0 Å². The van der Waals surface area contributed by atoms with Gasteiger partial charge in [-0.05, 0) is 74.1 Å². The summed E-state index contributed by atoms with van der Waals surface area (Å²) in [5, 5.41) is 1.47. The van der Waals surface area contributed by atoms with Crippen molar-refractivity contribution >= 4 is 28.2 Å². The van der Waals surface area contributed by atoms with Crippen LogP contribution < -0.4 is 0 Å². The lowest BCUT2D eigenvalue weighted by Gasteiger charge is -2.19. The van der Waals surface area contributed by atoms with Crippen LogP contribution in [0.2, 0.25) is 0 Å². The zero-order valence-electron chi connectivity index (χ0n) is 21.3. The number of benzene rings is 1. The van der Waals surface area contributed by atoms with Crippen molar-refractivity contribution in [2.24, 2.45) is 5.92 Å². The summed E-state index contributed by atoms with van der Waals surface area (Å²) in [5.74, 6) is 0.708. The Hall–Kier alpha value is -0.790. The Morgan fingerprint density at radius 1 is 0.969 bits per heavy atom. The van der Waals surface area contributed by atoms with E-state index in [1.807, 2.05) is 19.9 Å². The molecule has 0 aromatic heterocycles. The first kappa shape index (κ1) is 29.2. The molecule has 2 unspecified atom stereocenters. The van der Waals surface area contributed by atoms with Gasteiger partial charge in [0.1, 0.15) is 5.82 Å². The van der Waals surface area contributed by atoms with E-state index < -0.39 is 0 Å². The van der Waals surface area contributed by atoms with Crippen LogP contribution >= 0.6 is 23.2 Å². The molecule has 1 aromatic carbocycles. The van der Waals surface area contributed by atoms with Gasteiger partial charge in [-0.25, -0.2) is 4.39 Å². The van der Waals surface area contributed by atoms with Gasteiger partial charge < -0.3 is 0 Å². The van der Waals surface area contributed by atoms with E-state index in [0.717, 1.165) is 53.0 Å². The summed E-state index contributed by atoms with van der Waals surface area (Å²) in [6.45, 7) is 12.7. The normalized spacial score (nSPS) is 15.0. The van der Waals surface area contributed by atoms with Crippen molar-refractivity contribution in [2.45, 2.75) is 118 Å². The second-order valence-corrected chi connectivity index (χ2v) is 10.6. The summed E-state index contributed by atoms with van der Waals surface area (Å²) in [5.41, 5.74) is 3.86. The third kappa shape index (κ3) is 10.4. The highest BCUT2D eigenvalue weighted by molar-refractivity contribution is 6.49. The lowest BCUT2D eigenvalue weighted by atomic mass is 9.88. The van der Waals surface area contributed by atoms with E-state index in [2.05, 4.69) is 33.8 Å². The molecule has 0 fully saturated rings. The van der Waals surface area contributed by atoms with E-state index in [1.165, 1.54) is 44.9 Å². The number of hydrogen-bond donors (Lipinski definition) is 0. The molecule has 0 heterocycles. The summed E-state index contributed by atoms with van der Waals surface area (Å²) in [4.78, 5) is 0. The van der Waals surface area contributed by atoms with Crippen molar-refractivity contribution in [3.05, 3.63) is 51.3 Å². The number of aryl methyl sites for hydroxylation is 1. The molecular formula is C29H45Cl2F. The molecule has 0 saturated carbocycles. The van der Waals surface area contributed by atoms with Crippen molar-refractivity contribution in [2.75, 3.05) is 0 Å². The van der Waals surface area contributed by atoms with Crippen LogP contribution in [-0.4, -0.2) is 0 Å². The fraction of sp³-hybridized carbons (Fsp3) is 0.655. The van der Waals surface area contributed by atoms with Gasteiger partial charge >= 0.3 is 0 Å². The zero-order chi connectivity index (χ0) is 24.1. The fourth-order valence-electron chi connectivity index (χ4n) is 4.10. The average molecular weight is 484 g/mol. The van der Waals surface area contributed by atoms with Crippen LogP contribution in [-0.2, 0) is 6.42 Å². The summed E-state index contributed by atoms with van der Waals surface area (Å²) in [7, 11) is 0. The van der Waals surface area contributed by atoms with Crippen molar-refractivity contribution in [3.63, 3.8) is 0 Å². The van der Waals surface area contributed by atoms with Gasteiger partial charge in [-0.3, -0.25) is 0 Å². The highest BCUT2D eigenvalue weighted by Gasteiger charge is 2.18. The lowest BCUT2D eigenvalue weighted by molar-refractivity contribution is 0.452. The van der Waals surface area contributed by atoms with Gasteiger partial charge in [0.15, 0.2) is 0 Å². The van der Waals surface area contributed by atoms with Gasteiger partial charge in [0.25, 0.3) is 0 Å². The van der Waals surface area contributed by atoms with Crippen LogP contribution in [0.15, 0.2) is 28.8 Å². The molecule has 0 N–H and O–H groups in total. The average Bonchev–Trinajstić information content (AvgIpc) is 2.77. The minimum Gasteiger partial charge on any atom is -0.207 e. The van der Waals surface area contributed by atoms with Gasteiger partial charge in [0.05, 0.1) is 0 Å². The molecule has 1 aromatic rings. The maximum atomic E-state index is 15.1. The third-order valence-electron chi connectivity index (χ3n) is 6.60. The number of unbranched alkanes of at least 4 members (excludes halogenated alkanes) is 5. The molecule has 0 saturated heterocycles. The molecule has 0 aliphatic carbocycles. The summed E-state index contributed by atoms with van der Waals surface area (Å²) >= 11 is 12.8. The van der Waals surface area contributed by atoms with Crippen LogP contribution in [0.3, 0.4) is 0 Å². The van der Waals surface area contributed by atoms with Gasteiger partial charge in [-0.2, -0.15) is 0 Å². The van der Waals surface area contributed by atoms with Crippen LogP contribution in [0.5, 0.6) is 0 Å². The largest absolute Gasteiger partial charge is 0.207 e. The zero-order valence-corrected chi connectivity index (χ0v) is 22.8. The van der Waals surface area contributed by atoms with Crippen LogP contribution in [0, 0.1) is 11.7 Å². The molecule has 1 rings (SSSR count). The molecule has 0 aliphatic heterocycles. The molecule has 0 nitrogen and oxygen atoms in total. The summed E-state index contributed by atoms with van der Waals surface area (Å²) < 4.78 is 15.1. The number of halogens is 3. The van der Waals surface area contributed by atoms with E-state index >= 15 is 4.39 Å². The monoisotopic (exact) mass is 482 g/mol. The molecule has 0 aliphatic rings. The first-order chi connectivity index (χ1) is 15.2. The quantitative estimate of drug-likeness (QED) is 0.218. The first-order valence-corrected chi connectivity index (χ1v) is 13.5. The predicted octanol–water partition coefficient (Wildman–Crippen LogP) is 11.2. The highest BCUT2D eigenvalue weighted by atomic mass is 35.5. The highest BCUT2D eigenvalue weighted by Crippen LogP contribution is 2.35. The molecule has 2 atom stereocenters. The Kier molecular flexibility index (Phi) is 14.6. The molecule has 3 heteroatoms. The molecule has 0 radical (unpaired) electrons. The van der Waals surface area contributed by atoms with Gasteiger partial charge in [0, 0.05) is 10.1 Å². The Balaban J connectivity index is 2.94. The maximum Gasteiger partial charge on any atom is 0.127 e. The van der Waals surface area contributed by atoms with Crippen molar-refractivity contribution in [1.29, 1.82) is 0 Å². The summed E-state index contributed by atoms with van der Waals surface area (Å²) in [6, 6.07) is 3.73. The van der Waals surface area contributed by atoms with Crippen LogP contribution in [0.1, 0.15) is 128 Å². The van der Waals surface area contributed by atoms with Crippen molar-refractivity contribution in [1.82, 2.24) is 0 Å². The number of rotatable bonds is 15. The van der Waals surface area contributed by atoms with E-state index in [4.69, 9.17) is 23.2 Å². The molecule has 0 spiro atoms. The molecule has 0 bridgehead atoms. The Labute approximate surface area is 207 Å². The number of hydrogen-bond acceptors (Lipinski definition) is 0. The molecule has 32 heavy (non-hydrogen) atoms. The minimum absolute atomic E-state index is 0.131. The van der Waals surface area contributed by atoms with E-state index in [-0.39, 0.29) is 11.7 Å². The maximum absolute atomic E-state index is 15.1. The summed E-state index contributed by atoms with van der Waals surface area (Å²) in [6.07, 6.45) is 14.7. The van der Waals surface area contributed by atoms with Crippen molar-refractivity contribution in [3.8, 4) is 0 Å². The van der Waals surface area contributed by atoms with Crippen LogP contribution in [0.25, 0.3) is 5.03 Å². The molecular weight excluding hydrogens is 438 g/mol. The predicted molar refractivity (Wildman–Crippen MR) is 143 cm³/mol. The van der Waals surface area contributed by atoms with Crippen LogP contribution in [0.4, 0.5) is 4.39 Å². The minimum atomic E-state index is -0.131.